The summed E-state index contributed by atoms with van der Waals surface area (Å²) >= 11 is 0. The number of nitrogens with zero attached hydrogens (tertiary/aromatic N) is 1. The Morgan fingerprint density at radius 2 is 2.12 bits per heavy atom. The maximum Gasteiger partial charge on any atom is 0.407 e. The van der Waals surface area contributed by atoms with Crippen LogP contribution in [0.1, 0.15) is 45.8 Å². The second-order valence-electron chi connectivity index (χ2n) is 7.31. The lowest BCUT2D eigenvalue weighted by molar-refractivity contribution is -0.124. The van der Waals surface area contributed by atoms with Gasteiger partial charge in [0.05, 0.1) is 0 Å². The molecule has 1 fully saturated rings. The summed E-state index contributed by atoms with van der Waals surface area (Å²) in [6, 6.07) is 1.64. The lowest BCUT2D eigenvalue weighted by atomic mass is 10.0. The summed E-state index contributed by atoms with van der Waals surface area (Å²) in [7, 11) is 0. The van der Waals surface area contributed by atoms with E-state index in [2.05, 4.69) is 15.8 Å². The monoisotopic (exact) mass is 353 g/mol. The molecule has 140 valence electrons. The molecule has 2 rings (SSSR count). The van der Waals surface area contributed by atoms with E-state index < -0.39 is 11.7 Å². The first kappa shape index (κ1) is 19.1. The van der Waals surface area contributed by atoms with Crippen molar-refractivity contribution in [1.29, 1.82) is 0 Å². The summed E-state index contributed by atoms with van der Waals surface area (Å²) < 4.78 is 15.4. The third-order valence-electron chi connectivity index (χ3n) is 3.87. The number of alkyl carbamates (subject to hydrolysis) is 1. The molecule has 0 aliphatic heterocycles. The molecule has 0 radical (unpaired) electrons. The molecule has 2 amide bonds. The molecule has 1 heterocycles. The Hall–Kier alpha value is -2.25. The van der Waals surface area contributed by atoms with Gasteiger partial charge in [0.1, 0.15) is 11.4 Å². The molecular weight excluding hydrogens is 326 g/mol. The van der Waals surface area contributed by atoms with Crippen LogP contribution >= 0.6 is 0 Å². The number of amides is 2. The molecule has 0 saturated heterocycles. The Morgan fingerprint density at radius 3 is 2.76 bits per heavy atom. The van der Waals surface area contributed by atoms with E-state index >= 15 is 0 Å². The quantitative estimate of drug-likeness (QED) is 0.812. The number of hydrogen-bond donors (Lipinski definition) is 2. The normalized spacial score (nSPS) is 20.2. The van der Waals surface area contributed by atoms with Crippen LogP contribution in [-0.4, -0.2) is 42.0 Å². The highest BCUT2D eigenvalue weighted by molar-refractivity contribution is 5.77. The van der Waals surface area contributed by atoms with Crippen LogP contribution in [0.2, 0.25) is 0 Å². The molecule has 1 saturated carbocycles. The van der Waals surface area contributed by atoms with Crippen molar-refractivity contribution < 1.29 is 23.6 Å². The van der Waals surface area contributed by atoms with Gasteiger partial charge in [0, 0.05) is 18.7 Å². The third kappa shape index (κ3) is 6.64. The van der Waals surface area contributed by atoms with Crippen molar-refractivity contribution in [2.75, 3.05) is 13.2 Å². The van der Waals surface area contributed by atoms with Gasteiger partial charge in [-0.1, -0.05) is 6.42 Å². The number of carbonyl (C=O) groups excluding carboxylic acids is 2. The second kappa shape index (κ2) is 8.22. The molecule has 1 aliphatic rings. The minimum absolute atomic E-state index is 0.0186. The fourth-order valence-corrected chi connectivity index (χ4v) is 2.80. The van der Waals surface area contributed by atoms with Crippen LogP contribution in [-0.2, 0) is 9.53 Å². The zero-order valence-corrected chi connectivity index (χ0v) is 15.3. The van der Waals surface area contributed by atoms with Crippen LogP contribution in [0, 0.1) is 12.8 Å². The van der Waals surface area contributed by atoms with Gasteiger partial charge in [-0.25, -0.2) is 4.79 Å². The number of rotatable bonds is 6. The number of nitrogens with one attached hydrogen (secondary N) is 2. The summed E-state index contributed by atoms with van der Waals surface area (Å²) in [6.45, 7) is 7.57. The molecule has 1 aromatic rings. The Kier molecular flexibility index (Phi) is 6.27. The fraction of sp³-hybridized carbons (Fsp3) is 0.706. The highest BCUT2D eigenvalue weighted by Crippen LogP contribution is 2.25. The number of aromatic nitrogens is 1. The van der Waals surface area contributed by atoms with Crippen molar-refractivity contribution in [2.24, 2.45) is 5.92 Å². The number of aryl methyl sites for hydroxylation is 1. The number of carbonyl (C=O) groups is 2. The van der Waals surface area contributed by atoms with Crippen LogP contribution < -0.4 is 15.4 Å². The highest BCUT2D eigenvalue weighted by Gasteiger charge is 2.29. The summed E-state index contributed by atoms with van der Waals surface area (Å²) in [5.41, 5.74) is -0.524. The fourth-order valence-electron chi connectivity index (χ4n) is 2.80. The van der Waals surface area contributed by atoms with Gasteiger partial charge in [0.15, 0.2) is 6.61 Å². The van der Waals surface area contributed by atoms with Gasteiger partial charge < -0.3 is 24.6 Å². The number of hydrogen-bond acceptors (Lipinski definition) is 6. The van der Waals surface area contributed by atoms with Gasteiger partial charge in [-0.2, -0.15) is 0 Å². The first-order valence-electron chi connectivity index (χ1n) is 8.55. The average Bonchev–Trinajstić information content (AvgIpc) is 3.10. The van der Waals surface area contributed by atoms with Crippen molar-refractivity contribution in [3.63, 3.8) is 0 Å². The summed E-state index contributed by atoms with van der Waals surface area (Å²) in [4.78, 5) is 23.8. The number of ether oxygens (including phenoxy) is 2. The Bertz CT molecular complexity index is 593. The van der Waals surface area contributed by atoms with Crippen molar-refractivity contribution in [3.05, 3.63) is 11.8 Å². The van der Waals surface area contributed by atoms with Crippen molar-refractivity contribution in [1.82, 2.24) is 15.8 Å². The Balaban J connectivity index is 1.73. The van der Waals surface area contributed by atoms with Crippen LogP contribution in [0.4, 0.5) is 4.79 Å². The average molecular weight is 353 g/mol. The standard InChI is InChI=1S/C17H27N3O5/c1-11-8-15(20-25-11)23-10-14(21)19-13-7-5-6-12(13)9-18-16(22)24-17(2,3)4/h8,12-13H,5-7,9-10H2,1-4H3,(H,18,22)(H,19,21)/t12-,13-/m1/s1. The van der Waals surface area contributed by atoms with Crippen molar-refractivity contribution >= 4 is 12.0 Å². The summed E-state index contributed by atoms with van der Waals surface area (Å²) in [5, 5.41) is 9.42. The lowest BCUT2D eigenvalue weighted by Gasteiger charge is -2.23. The smallest absolute Gasteiger partial charge is 0.407 e. The second-order valence-corrected chi connectivity index (χ2v) is 7.31. The van der Waals surface area contributed by atoms with E-state index in [0.29, 0.717) is 18.2 Å². The van der Waals surface area contributed by atoms with Crippen LogP contribution in [0.15, 0.2) is 10.6 Å². The highest BCUT2D eigenvalue weighted by atomic mass is 16.6. The van der Waals surface area contributed by atoms with E-state index in [9.17, 15) is 9.59 Å². The van der Waals surface area contributed by atoms with Crippen LogP contribution in [0.25, 0.3) is 0 Å². The third-order valence-corrected chi connectivity index (χ3v) is 3.87. The van der Waals surface area contributed by atoms with E-state index in [-0.39, 0.29) is 24.5 Å². The van der Waals surface area contributed by atoms with Crippen molar-refractivity contribution in [3.8, 4) is 5.88 Å². The molecule has 1 aromatic heterocycles. The largest absolute Gasteiger partial charge is 0.465 e. The van der Waals surface area contributed by atoms with Gasteiger partial charge in [0.2, 0.25) is 0 Å². The van der Waals surface area contributed by atoms with Crippen LogP contribution in [0.5, 0.6) is 5.88 Å². The van der Waals surface area contributed by atoms with Gasteiger partial charge in [-0.05, 0) is 51.6 Å². The lowest BCUT2D eigenvalue weighted by Crippen LogP contribution is -2.44. The van der Waals surface area contributed by atoms with E-state index in [1.807, 2.05) is 20.8 Å². The molecule has 1 aliphatic carbocycles. The predicted molar refractivity (Wildman–Crippen MR) is 90.2 cm³/mol. The Labute approximate surface area is 147 Å². The molecule has 8 heteroatoms. The molecule has 8 nitrogen and oxygen atoms in total. The molecule has 0 unspecified atom stereocenters. The minimum Gasteiger partial charge on any atom is -0.465 e. The van der Waals surface area contributed by atoms with Gasteiger partial charge in [-0.15, -0.1) is 0 Å². The van der Waals surface area contributed by atoms with Crippen LogP contribution in [0.3, 0.4) is 0 Å². The first-order valence-corrected chi connectivity index (χ1v) is 8.55. The molecule has 0 aromatic carbocycles. The van der Waals surface area contributed by atoms with E-state index in [0.717, 1.165) is 19.3 Å². The summed E-state index contributed by atoms with van der Waals surface area (Å²) in [6.07, 6.45) is 2.41. The predicted octanol–water partition coefficient (Wildman–Crippen LogP) is 2.17. The van der Waals surface area contributed by atoms with E-state index in [1.54, 1.807) is 13.0 Å². The molecule has 2 N–H and O–H groups in total. The molecular formula is C17H27N3O5. The minimum atomic E-state index is -0.524. The zero-order chi connectivity index (χ0) is 18.4. The van der Waals surface area contributed by atoms with E-state index in [4.69, 9.17) is 14.0 Å². The first-order chi connectivity index (χ1) is 11.7. The maximum absolute atomic E-state index is 12.0. The Morgan fingerprint density at radius 1 is 1.36 bits per heavy atom. The van der Waals surface area contributed by atoms with Gasteiger partial charge >= 0.3 is 6.09 Å². The van der Waals surface area contributed by atoms with Gasteiger partial charge in [0.25, 0.3) is 11.8 Å². The topological polar surface area (TPSA) is 103 Å². The summed E-state index contributed by atoms with van der Waals surface area (Å²) in [5.74, 6) is 0.891. The molecule has 0 spiro atoms. The SMILES string of the molecule is Cc1cc(OCC(=O)N[C@@H]2CCC[C@@H]2CNC(=O)OC(C)(C)C)no1. The zero-order valence-electron chi connectivity index (χ0n) is 15.3. The van der Waals surface area contributed by atoms with E-state index in [1.165, 1.54) is 0 Å². The van der Waals surface area contributed by atoms with Crippen molar-refractivity contribution in [2.45, 2.75) is 58.6 Å². The molecule has 2 atom stereocenters. The van der Waals surface area contributed by atoms with Gasteiger partial charge in [-0.3, -0.25) is 4.79 Å². The molecule has 25 heavy (non-hydrogen) atoms. The molecule has 0 bridgehead atoms. The maximum atomic E-state index is 12.0.